The van der Waals surface area contributed by atoms with Gasteiger partial charge in [0.1, 0.15) is 0 Å². The summed E-state index contributed by atoms with van der Waals surface area (Å²) in [6.07, 6.45) is -0.367. The maximum absolute atomic E-state index is 12.8. The van der Waals surface area contributed by atoms with Crippen molar-refractivity contribution in [1.82, 2.24) is 5.32 Å². The van der Waals surface area contributed by atoms with Gasteiger partial charge in [0.2, 0.25) is 0 Å². The van der Waals surface area contributed by atoms with Gasteiger partial charge in [-0.05, 0) is 37.1 Å². The first kappa shape index (κ1) is 20.4. The molecule has 0 amide bonds. The van der Waals surface area contributed by atoms with Crippen molar-refractivity contribution in [2.24, 2.45) is 0 Å². The summed E-state index contributed by atoms with van der Waals surface area (Å²) in [5.41, 5.74) is 2.09. The zero-order valence-corrected chi connectivity index (χ0v) is 16.3. The molecule has 26 heavy (non-hydrogen) atoms. The van der Waals surface area contributed by atoms with Gasteiger partial charge in [0.25, 0.3) is 10.0 Å². The minimum atomic E-state index is -3.67. The van der Waals surface area contributed by atoms with Gasteiger partial charge in [-0.25, -0.2) is 8.42 Å². The predicted molar refractivity (Wildman–Crippen MR) is 103 cm³/mol. The lowest BCUT2D eigenvalue weighted by Crippen LogP contribution is -2.32. The molecule has 1 unspecified atom stereocenters. The molecule has 0 spiro atoms. The normalized spacial score (nSPS) is 13.0. The number of rotatable bonds is 9. The molecule has 7 heteroatoms. The summed E-state index contributed by atoms with van der Waals surface area (Å²) in [6.45, 7) is 4.22. The zero-order chi connectivity index (χ0) is 19.2. The quantitative estimate of drug-likeness (QED) is 0.656. The standard InChI is InChI=1S/C19H26N2O4S/c1-14-9-5-8-12-18(14)26(22,23)21-17-11-7-6-10-16(17)15(2)20-13-19(24-3)25-4/h5-12,15,19-21H,13H2,1-4H3. The molecule has 0 radical (unpaired) electrons. The Morgan fingerprint density at radius 2 is 1.62 bits per heavy atom. The van der Waals surface area contributed by atoms with Crippen molar-refractivity contribution < 1.29 is 17.9 Å². The SMILES string of the molecule is COC(CNC(C)c1ccccc1NS(=O)(=O)c1ccccc1C)OC. The molecule has 1 atom stereocenters. The first-order valence-corrected chi connectivity index (χ1v) is 9.83. The number of sulfonamides is 1. The number of nitrogens with one attached hydrogen (secondary N) is 2. The highest BCUT2D eigenvalue weighted by Crippen LogP contribution is 2.26. The van der Waals surface area contributed by atoms with Crippen molar-refractivity contribution in [2.45, 2.75) is 31.1 Å². The van der Waals surface area contributed by atoms with Gasteiger partial charge < -0.3 is 14.8 Å². The molecule has 2 N–H and O–H groups in total. The van der Waals surface area contributed by atoms with Crippen LogP contribution in [0.1, 0.15) is 24.1 Å². The number of ether oxygens (including phenoxy) is 2. The molecule has 0 aliphatic rings. The predicted octanol–water partition coefficient (Wildman–Crippen LogP) is 3.07. The second kappa shape index (κ2) is 9.14. The van der Waals surface area contributed by atoms with Crippen molar-refractivity contribution in [2.75, 3.05) is 25.5 Å². The van der Waals surface area contributed by atoms with Crippen LogP contribution < -0.4 is 10.0 Å². The maximum atomic E-state index is 12.8. The molecule has 2 rings (SSSR count). The molecule has 142 valence electrons. The van der Waals surface area contributed by atoms with Crippen LogP contribution in [0, 0.1) is 6.92 Å². The Morgan fingerprint density at radius 3 is 2.27 bits per heavy atom. The second-order valence-corrected chi connectivity index (χ2v) is 7.64. The summed E-state index contributed by atoms with van der Waals surface area (Å²) in [7, 11) is -0.519. The van der Waals surface area contributed by atoms with E-state index in [4.69, 9.17) is 9.47 Å². The number of hydrogen-bond acceptors (Lipinski definition) is 5. The van der Waals surface area contributed by atoms with Crippen molar-refractivity contribution in [3.05, 3.63) is 59.7 Å². The Balaban J connectivity index is 2.22. The number of methoxy groups -OCH3 is 2. The summed E-state index contributed by atoms with van der Waals surface area (Å²) in [5.74, 6) is 0. The molecular weight excluding hydrogens is 352 g/mol. The summed E-state index contributed by atoms with van der Waals surface area (Å²) < 4.78 is 38.6. The van der Waals surface area contributed by atoms with E-state index in [0.717, 1.165) is 5.56 Å². The van der Waals surface area contributed by atoms with Crippen LogP contribution in [0.4, 0.5) is 5.69 Å². The number of hydrogen-bond donors (Lipinski definition) is 2. The van der Waals surface area contributed by atoms with E-state index in [-0.39, 0.29) is 17.2 Å². The van der Waals surface area contributed by atoms with Gasteiger partial charge in [0.15, 0.2) is 6.29 Å². The van der Waals surface area contributed by atoms with Crippen LogP contribution in [0.2, 0.25) is 0 Å². The van der Waals surface area contributed by atoms with E-state index in [9.17, 15) is 8.42 Å². The third kappa shape index (κ3) is 5.04. The minimum Gasteiger partial charge on any atom is -0.355 e. The van der Waals surface area contributed by atoms with Crippen LogP contribution >= 0.6 is 0 Å². The molecule has 2 aromatic carbocycles. The molecule has 6 nitrogen and oxygen atoms in total. The van der Waals surface area contributed by atoms with Crippen molar-refractivity contribution in [3.8, 4) is 0 Å². The van der Waals surface area contributed by atoms with Crippen LogP contribution in [-0.2, 0) is 19.5 Å². The molecular formula is C19H26N2O4S. The number of aryl methyl sites for hydroxylation is 1. The number of anilines is 1. The first-order valence-electron chi connectivity index (χ1n) is 8.35. The van der Waals surface area contributed by atoms with Crippen molar-refractivity contribution in [3.63, 3.8) is 0 Å². The van der Waals surface area contributed by atoms with Crippen LogP contribution in [-0.4, -0.2) is 35.5 Å². The van der Waals surface area contributed by atoms with Gasteiger partial charge in [-0.3, -0.25) is 4.72 Å². The topological polar surface area (TPSA) is 76.7 Å². The third-order valence-corrected chi connectivity index (χ3v) is 5.70. The molecule has 0 saturated carbocycles. The lowest BCUT2D eigenvalue weighted by atomic mass is 10.1. The fourth-order valence-corrected chi connectivity index (χ4v) is 4.01. The van der Waals surface area contributed by atoms with Gasteiger partial charge in [0, 0.05) is 26.8 Å². The number of benzene rings is 2. The average Bonchev–Trinajstić information content (AvgIpc) is 2.62. The van der Waals surface area contributed by atoms with Crippen LogP contribution in [0.5, 0.6) is 0 Å². The maximum Gasteiger partial charge on any atom is 0.262 e. The van der Waals surface area contributed by atoms with Crippen molar-refractivity contribution >= 4 is 15.7 Å². The summed E-state index contributed by atoms with van der Waals surface area (Å²) >= 11 is 0. The highest BCUT2D eigenvalue weighted by molar-refractivity contribution is 7.92. The van der Waals surface area contributed by atoms with Gasteiger partial charge in [0.05, 0.1) is 10.6 Å². The lowest BCUT2D eigenvalue weighted by molar-refractivity contribution is -0.0997. The number of para-hydroxylation sites is 1. The van der Waals surface area contributed by atoms with Gasteiger partial charge in [-0.2, -0.15) is 0 Å². The van der Waals surface area contributed by atoms with E-state index in [1.807, 2.05) is 25.1 Å². The van der Waals surface area contributed by atoms with E-state index < -0.39 is 10.0 Å². The van der Waals surface area contributed by atoms with Crippen LogP contribution in [0.3, 0.4) is 0 Å². The van der Waals surface area contributed by atoms with E-state index >= 15 is 0 Å². The molecule has 0 aliphatic heterocycles. The molecule has 0 fully saturated rings. The molecule has 0 heterocycles. The fraction of sp³-hybridized carbons (Fsp3) is 0.368. The summed E-state index contributed by atoms with van der Waals surface area (Å²) in [5, 5.41) is 3.29. The van der Waals surface area contributed by atoms with Gasteiger partial charge in [-0.15, -0.1) is 0 Å². The molecule has 2 aromatic rings. The van der Waals surface area contributed by atoms with Crippen LogP contribution in [0.15, 0.2) is 53.4 Å². The summed E-state index contributed by atoms with van der Waals surface area (Å²) in [4.78, 5) is 0.272. The first-order chi connectivity index (χ1) is 12.4. The third-order valence-electron chi connectivity index (χ3n) is 4.17. The molecule has 0 aromatic heterocycles. The molecule has 0 bridgehead atoms. The van der Waals surface area contributed by atoms with Gasteiger partial charge >= 0.3 is 0 Å². The highest BCUT2D eigenvalue weighted by atomic mass is 32.2. The Morgan fingerprint density at radius 1 is 1.00 bits per heavy atom. The summed E-state index contributed by atoms with van der Waals surface area (Å²) in [6, 6.07) is 14.1. The largest absolute Gasteiger partial charge is 0.355 e. The average molecular weight is 378 g/mol. The lowest BCUT2D eigenvalue weighted by Gasteiger charge is -2.21. The van der Waals surface area contributed by atoms with E-state index in [2.05, 4.69) is 10.0 Å². The van der Waals surface area contributed by atoms with E-state index in [1.165, 1.54) is 0 Å². The highest BCUT2D eigenvalue weighted by Gasteiger charge is 2.20. The Kier molecular flexibility index (Phi) is 7.16. The Labute approximate surface area is 155 Å². The zero-order valence-electron chi connectivity index (χ0n) is 15.5. The minimum absolute atomic E-state index is 0.0985. The Bertz CT molecular complexity index is 820. The second-order valence-electron chi connectivity index (χ2n) is 5.99. The van der Waals surface area contributed by atoms with E-state index in [0.29, 0.717) is 17.8 Å². The smallest absolute Gasteiger partial charge is 0.262 e. The fourth-order valence-electron chi connectivity index (χ4n) is 2.67. The van der Waals surface area contributed by atoms with Crippen LogP contribution in [0.25, 0.3) is 0 Å². The van der Waals surface area contributed by atoms with E-state index in [1.54, 1.807) is 51.5 Å². The monoisotopic (exact) mass is 378 g/mol. The van der Waals surface area contributed by atoms with Crippen molar-refractivity contribution in [1.29, 1.82) is 0 Å². The van der Waals surface area contributed by atoms with Gasteiger partial charge in [-0.1, -0.05) is 36.4 Å². The Hall–Kier alpha value is -1.93. The molecule has 0 saturated heterocycles. The molecule has 0 aliphatic carbocycles.